The quantitative estimate of drug-likeness (QED) is 0.563. The Hall–Kier alpha value is -2.00. The molecule has 1 aromatic rings. The molecule has 9 heteroatoms. The smallest absolute Gasteiger partial charge is 0.289 e. The van der Waals surface area contributed by atoms with Crippen molar-refractivity contribution in [3.63, 3.8) is 0 Å². The van der Waals surface area contributed by atoms with Crippen LogP contribution in [0, 0.1) is 10.1 Å². The zero-order valence-corrected chi connectivity index (χ0v) is 10.2. The van der Waals surface area contributed by atoms with Gasteiger partial charge < -0.3 is 5.73 Å². The van der Waals surface area contributed by atoms with Crippen LogP contribution in [0.2, 0.25) is 0 Å². The predicted octanol–water partition coefficient (Wildman–Crippen LogP) is -0.253. The van der Waals surface area contributed by atoms with E-state index in [2.05, 4.69) is 0 Å². The van der Waals surface area contributed by atoms with Crippen molar-refractivity contribution >= 4 is 21.6 Å². The maximum absolute atomic E-state index is 11.8. The number of sulfonamides is 1. The molecular formula is C9H11N3O5S. The summed E-state index contributed by atoms with van der Waals surface area (Å²) in [6, 6.07) is 3.66. The first-order valence-corrected chi connectivity index (χ1v) is 6.29. The number of nitro groups is 1. The second-order valence-corrected chi connectivity index (χ2v) is 5.15. The highest BCUT2D eigenvalue weighted by molar-refractivity contribution is 7.89. The highest BCUT2D eigenvalue weighted by atomic mass is 32.2. The van der Waals surface area contributed by atoms with E-state index < -0.39 is 37.5 Å². The Kier molecular flexibility index (Phi) is 3.99. The zero-order valence-electron chi connectivity index (χ0n) is 9.36. The fraction of sp³-hybridized carbons (Fsp3) is 0.222. The fourth-order valence-electron chi connectivity index (χ4n) is 1.19. The molecule has 1 aromatic carbocycles. The molecule has 0 bridgehead atoms. The number of nitrogens with zero attached hydrogens (tertiary/aromatic N) is 1. The van der Waals surface area contributed by atoms with Gasteiger partial charge in [0.05, 0.1) is 11.0 Å². The average Bonchev–Trinajstić information content (AvgIpc) is 2.28. The molecule has 98 valence electrons. The van der Waals surface area contributed by atoms with Gasteiger partial charge in [0.1, 0.15) is 0 Å². The summed E-state index contributed by atoms with van der Waals surface area (Å²) in [5.41, 5.74) is 4.35. The van der Waals surface area contributed by atoms with Crippen LogP contribution in [-0.2, 0) is 14.8 Å². The third kappa shape index (κ3) is 3.02. The van der Waals surface area contributed by atoms with Gasteiger partial charge in [-0.25, -0.2) is 8.42 Å². The summed E-state index contributed by atoms with van der Waals surface area (Å²) in [6.07, 6.45) is 0. The van der Waals surface area contributed by atoms with Gasteiger partial charge in [0.25, 0.3) is 5.69 Å². The van der Waals surface area contributed by atoms with E-state index in [0.717, 1.165) is 12.1 Å². The van der Waals surface area contributed by atoms with Crippen LogP contribution in [0.25, 0.3) is 0 Å². The highest BCUT2D eigenvalue weighted by Crippen LogP contribution is 2.22. The normalized spacial score (nSPS) is 12.9. The van der Waals surface area contributed by atoms with Crippen molar-refractivity contribution < 1.29 is 18.1 Å². The number of carbonyl (C=O) groups excluding carboxylic acids is 1. The second kappa shape index (κ2) is 5.10. The second-order valence-electron chi connectivity index (χ2n) is 3.47. The molecule has 0 aliphatic rings. The molecule has 8 nitrogen and oxygen atoms in total. The monoisotopic (exact) mass is 273 g/mol. The molecule has 0 spiro atoms. The third-order valence-electron chi connectivity index (χ3n) is 2.11. The number of amides is 1. The number of nitrogens with two attached hydrogens (primary N) is 1. The lowest BCUT2D eigenvalue weighted by Gasteiger charge is -2.10. The number of nitrogens with one attached hydrogen (secondary N) is 1. The molecule has 0 saturated carbocycles. The molecule has 0 fully saturated rings. The molecule has 1 rings (SSSR count). The lowest BCUT2D eigenvalue weighted by molar-refractivity contribution is -0.387. The molecular weight excluding hydrogens is 262 g/mol. The summed E-state index contributed by atoms with van der Waals surface area (Å²) >= 11 is 0. The molecule has 1 amide bonds. The van der Waals surface area contributed by atoms with Crippen molar-refractivity contribution in [1.29, 1.82) is 0 Å². The Bertz CT molecular complexity index is 584. The van der Waals surface area contributed by atoms with Crippen molar-refractivity contribution in [2.45, 2.75) is 17.9 Å². The Morgan fingerprint density at radius 2 is 2.00 bits per heavy atom. The number of nitro benzene ring substituents is 1. The summed E-state index contributed by atoms with van der Waals surface area (Å²) in [5, 5.41) is 10.7. The Morgan fingerprint density at radius 3 is 2.50 bits per heavy atom. The predicted molar refractivity (Wildman–Crippen MR) is 62.1 cm³/mol. The lowest BCUT2D eigenvalue weighted by atomic mass is 10.3. The van der Waals surface area contributed by atoms with Crippen molar-refractivity contribution in [3.05, 3.63) is 34.4 Å². The first kappa shape index (κ1) is 14.1. The highest BCUT2D eigenvalue weighted by Gasteiger charge is 2.27. The van der Waals surface area contributed by atoms with Gasteiger partial charge in [-0.3, -0.25) is 14.9 Å². The van der Waals surface area contributed by atoms with Gasteiger partial charge >= 0.3 is 0 Å². The minimum Gasteiger partial charge on any atom is -0.368 e. The Balaban J connectivity index is 3.21. The summed E-state index contributed by atoms with van der Waals surface area (Å²) < 4.78 is 25.7. The van der Waals surface area contributed by atoms with Crippen LogP contribution in [0.1, 0.15) is 6.92 Å². The maximum Gasteiger partial charge on any atom is 0.289 e. The number of para-hydroxylation sites is 1. The summed E-state index contributed by atoms with van der Waals surface area (Å²) in [7, 11) is -4.17. The van der Waals surface area contributed by atoms with Gasteiger partial charge in [0.15, 0.2) is 4.90 Å². The third-order valence-corrected chi connectivity index (χ3v) is 3.70. The average molecular weight is 273 g/mol. The molecule has 18 heavy (non-hydrogen) atoms. The number of hydrogen-bond acceptors (Lipinski definition) is 5. The Morgan fingerprint density at radius 1 is 1.44 bits per heavy atom. The molecule has 1 unspecified atom stereocenters. The van der Waals surface area contributed by atoms with E-state index in [1.54, 1.807) is 0 Å². The fourth-order valence-corrected chi connectivity index (χ4v) is 2.57. The first-order chi connectivity index (χ1) is 8.25. The number of benzene rings is 1. The van der Waals surface area contributed by atoms with E-state index in [4.69, 9.17) is 5.73 Å². The largest absolute Gasteiger partial charge is 0.368 e. The maximum atomic E-state index is 11.8. The van der Waals surface area contributed by atoms with Crippen LogP contribution in [0.4, 0.5) is 5.69 Å². The Labute approximate surface area is 103 Å². The molecule has 0 aliphatic heterocycles. The first-order valence-electron chi connectivity index (χ1n) is 4.81. The lowest BCUT2D eigenvalue weighted by Crippen LogP contribution is -2.42. The van der Waals surface area contributed by atoms with Crippen LogP contribution in [0.5, 0.6) is 0 Å². The van der Waals surface area contributed by atoms with Gasteiger partial charge in [-0.2, -0.15) is 4.72 Å². The minimum absolute atomic E-state index is 0.511. The molecule has 3 N–H and O–H groups in total. The van der Waals surface area contributed by atoms with Crippen LogP contribution in [0.3, 0.4) is 0 Å². The summed E-state index contributed by atoms with van der Waals surface area (Å²) in [6.45, 7) is 1.24. The van der Waals surface area contributed by atoms with Crippen LogP contribution in [-0.4, -0.2) is 25.3 Å². The zero-order chi connectivity index (χ0) is 13.9. The van der Waals surface area contributed by atoms with E-state index in [9.17, 15) is 23.3 Å². The van der Waals surface area contributed by atoms with Gasteiger partial charge in [0, 0.05) is 6.07 Å². The van der Waals surface area contributed by atoms with E-state index in [1.165, 1.54) is 19.1 Å². The van der Waals surface area contributed by atoms with E-state index >= 15 is 0 Å². The van der Waals surface area contributed by atoms with Crippen molar-refractivity contribution in [3.8, 4) is 0 Å². The molecule has 0 heterocycles. The molecule has 0 radical (unpaired) electrons. The van der Waals surface area contributed by atoms with Crippen molar-refractivity contribution in [1.82, 2.24) is 4.72 Å². The van der Waals surface area contributed by atoms with Gasteiger partial charge in [0.2, 0.25) is 15.9 Å². The van der Waals surface area contributed by atoms with Crippen LogP contribution in [0.15, 0.2) is 29.2 Å². The minimum atomic E-state index is -4.17. The van der Waals surface area contributed by atoms with E-state index in [0.29, 0.717) is 0 Å². The van der Waals surface area contributed by atoms with Crippen molar-refractivity contribution in [2.75, 3.05) is 0 Å². The standard InChI is InChI=1S/C9H11N3O5S/c1-6(9(10)13)11-18(16,17)8-5-3-2-4-7(8)12(14)15/h2-6,11H,1H3,(H2,10,13). The molecule has 1 atom stereocenters. The van der Waals surface area contributed by atoms with Crippen LogP contribution >= 0.6 is 0 Å². The van der Waals surface area contributed by atoms with E-state index in [-0.39, 0.29) is 0 Å². The van der Waals surface area contributed by atoms with Gasteiger partial charge in [-0.05, 0) is 13.0 Å². The van der Waals surface area contributed by atoms with E-state index in [1.807, 2.05) is 4.72 Å². The van der Waals surface area contributed by atoms with Gasteiger partial charge in [-0.15, -0.1) is 0 Å². The number of carbonyl (C=O) groups is 1. The van der Waals surface area contributed by atoms with Crippen LogP contribution < -0.4 is 10.5 Å². The SMILES string of the molecule is CC(NS(=O)(=O)c1ccccc1[N+](=O)[O-])C(N)=O. The van der Waals surface area contributed by atoms with Gasteiger partial charge in [-0.1, -0.05) is 12.1 Å². The molecule has 0 aromatic heterocycles. The van der Waals surface area contributed by atoms with Crippen molar-refractivity contribution in [2.24, 2.45) is 5.73 Å². The topological polar surface area (TPSA) is 132 Å². The summed E-state index contributed by atoms with van der Waals surface area (Å²) in [5.74, 6) is -0.878. The molecule has 0 saturated heterocycles. The molecule has 0 aliphatic carbocycles. The number of rotatable bonds is 5. The summed E-state index contributed by atoms with van der Waals surface area (Å²) in [4.78, 5) is 20.2. The number of hydrogen-bond donors (Lipinski definition) is 2. The number of primary amides is 1.